The van der Waals surface area contributed by atoms with Crippen LogP contribution < -0.4 is 0 Å². The van der Waals surface area contributed by atoms with Gasteiger partial charge in [-0.2, -0.15) is 0 Å². The zero-order valence-electron chi connectivity index (χ0n) is 28.5. The van der Waals surface area contributed by atoms with E-state index in [0.717, 1.165) is 0 Å². The molecule has 5 heterocycles. The van der Waals surface area contributed by atoms with Gasteiger partial charge in [-0.1, -0.05) is 70.7 Å². The smallest absolute Gasteiger partial charge is 0.132 e. The van der Waals surface area contributed by atoms with Crippen LogP contribution in [-0.2, 0) is 0 Å². The van der Waals surface area contributed by atoms with Crippen LogP contribution in [0.5, 0.6) is 0 Å². The molecule has 4 nitrogen and oxygen atoms in total. The van der Waals surface area contributed by atoms with Gasteiger partial charge in [0.25, 0.3) is 0 Å². The summed E-state index contributed by atoms with van der Waals surface area (Å²) >= 11 is 26.8. The van der Waals surface area contributed by atoms with Crippen LogP contribution in [0.2, 0.25) is 20.1 Å². The number of fused-ring (bicyclic) bond motifs is 8. The van der Waals surface area contributed by atoms with Gasteiger partial charge < -0.3 is 9.97 Å². The molecule has 9 rings (SSSR count). The Bertz CT molecular complexity index is 2560. The van der Waals surface area contributed by atoms with E-state index in [4.69, 9.17) is 56.4 Å². The highest BCUT2D eigenvalue weighted by Gasteiger charge is 2.25. The number of hydrogen-bond donors (Lipinski definition) is 2. The quantitative estimate of drug-likeness (QED) is 0.174. The molecule has 8 bridgehead atoms. The molecule has 2 N–H and O–H groups in total. The van der Waals surface area contributed by atoms with E-state index in [1.54, 1.807) is 72.8 Å². The maximum absolute atomic E-state index is 15.9. The summed E-state index contributed by atoms with van der Waals surface area (Å²) in [6.07, 6.45) is 6.63. The second kappa shape index (κ2) is 14.1. The van der Waals surface area contributed by atoms with Gasteiger partial charge in [0.1, 0.15) is 23.3 Å². The summed E-state index contributed by atoms with van der Waals surface area (Å²) in [6.45, 7) is 0. The molecule has 0 unspecified atom stereocenters. The topological polar surface area (TPSA) is 57.4 Å². The molecule has 0 saturated heterocycles. The number of aromatic amines is 2. The largest absolute Gasteiger partial charge is 0.354 e. The van der Waals surface area contributed by atoms with Crippen LogP contribution in [0.25, 0.3) is 90.9 Å². The number of halogens is 8. The molecule has 0 aliphatic carbocycles. The van der Waals surface area contributed by atoms with E-state index in [-0.39, 0.29) is 87.4 Å². The Kier molecular flexibility index (Phi) is 9.10. The van der Waals surface area contributed by atoms with Crippen molar-refractivity contribution in [2.45, 2.75) is 0 Å². The summed E-state index contributed by atoms with van der Waals surface area (Å²) in [5, 5.41) is 0.404. The molecule has 3 aromatic heterocycles. The van der Waals surface area contributed by atoms with E-state index < -0.39 is 23.3 Å². The molecule has 0 radical (unpaired) electrons. The van der Waals surface area contributed by atoms with Gasteiger partial charge in [-0.25, -0.2) is 27.5 Å². The van der Waals surface area contributed by atoms with Crippen LogP contribution in [0.4, 0.5) is 17.6 Å². The van der Waals surface area contributed by atoms with Crippen LogP contribution in [0.3, 0.4) is 0 Å². The average molecular weight is 824 g/mol. The number of H-pyrrole nitrogens is 2. The third-order valence-electron chi connectivity index (χ3n) is 9.60. The molecular formula is C44H22Cl4F4N4. The first-order chi connectivity index (χ1) is 27.1. The van der Waals surface area contributed by atoms with E-state index in [9.17, 15) is 0 Å². The first kappa shape index (κ1) is 36.0. The summed E-state index contributed by atoms with van der Waals surface area (Å²) in [5.74, 6) is -2.51. The lowest BCUT2D eigenvalue weighted by Gasteiger charge is -2.10. The summed E-state index contributed by atoms with van der Waals surface area (Å²) in [6, 6.07) is 24.0. The van der Waals surface area contributed by atoms with E-state index in [1.165, 1.54) is 48.5 Å². The summed E-state index contributed by atoms with van der Waals surface area (Å²) < 4.78 is 63.7. The molecule has 0 saturated carbocycles. The fourth-order valence-corrected chi connectivity index (χ4v) is 8.23. The van der Waals surface area contributed by atoms with Crippen molar-refractivity contribution in [3.8, 4) is 44.5 Å². The minimum Gasteiger partial charge on any atom is -0.354 e. The predicted molar refractivity (Wildman–Crippen MR) is 220 cm³/mol. The Labute approximate surface area is 336 Å². The number of aromatic nitrogens is 4. The van der Waals surface area contributed by atoms with Crippen LogP contribution in [0.15, 0.2) is 97.1 Å². The summed E-state index contributed by atoms with van der Waals surface area (Å²) in [7, 11) is 0. The van der Waals surface area contributed by atoms with Crippen molar-refractivity contribution >= 4 is 92.8 Å². The second-order valence-electron chi connectivity index (χ2n) is 12.9. The highest BCUT2D eigenvalue weighted by Crippen LogP contribution is 2.44. The van der Waals surface area contributed by atoms with Gasteiger partial charge in [-0.15, -0.1) is 0 Å². The van der Waals surface area contributed by atoms with Gasteiger partial charge in [0.15, 0.2) is 0 Å². The van der Waals surface area contributed by atoms with Crippen molar-refractivity contribution in [2.24, 2.45) is 0 Å². The molecule has 0 atom stereocenters. The SMILES string of the molecule is Fc1cccc(Cl)c1-c1c2nc(c(-c3c(F)cccc3Cl)c3ccc([nH]3)c(-c3c(F)cccc3Cl)c3nc(c(-c4c(F)cccc4Cl)c4ccc1[nH]4)C=C3)C=C2. The van der Waals surface area contributed by atoms with Crippen molar-refractivity contribution in [2.75, 3.05) is 0 Å². The Morgan fingerprint density at radius 3 is 0.768 bits per heavy atom. The first-order valence-electron chi connectivity index (χ1n) is 17.0. The van der Waals surface area contributed by atoms with Crippen LogP contribution >= 0.6 is 46.4 Å². The van der Waals surface area contributed by atoms with E-state index in [2.05, 4.69) is 9.97 Å². The number of benzene rings is 4. The minimum atomic E-state index is -0.628. The Morgan fingerprint density at radius 2 is 0.554 bits per heavy atom. The van der Waals surface area contributed by atoms with Crippen molar-refractivity contribution < 1.29 is 17.6 Å². The standard InChI is InChI=1S/C44H22Cl4F4N4/c45-21-5-1-9-25(49)37(21)41-29-13-15-31(53-29)42(38-22(46)6-2-10-26(38)50)33-17-19-35(55-33)44(40-24(48)8-4-12-28(40)52)36-20-18-34(56-36)43(32-16-14-30(41)54-32)39-23(47)7-3-11-27(39)51/h1-20,53,56H. The fourth-order valence-electron chi connectivity index (χ4n) is 7.20. The molecule has 0 amide bonds. The lowest BCUT2D eigenvalue weighted by molar-refractivity contribution is 0.631. The summed E-state index contributed by atoms with van der Waals surface area (Å²) in [5.41, 5.74) is 3.77. The monoisotopic (exact) mass is 822 g/mol. The van der Waals surface area contributed by atoms with Crippen LogP contribution in [-0.4, -0.2) is 19.9 Å². The van der Waals surface area contributed by atoms with Gasteiger partial charge >= 0.3 is 0 Å². The first-order valence-corrected chi connectivity index (χ1v) is 18.5. The highest BCUT2D eigenvalue weighted by molar-refractivity contribution is 6.35. The fraction of sp³-hybridized carbons (Fsp3) is 0. The predicted octanol–water partition coefficient (Wildman–Crippen LogP) is 14.5. The van der Waals surface area contributed by atoms with E-state index in [1.807, 2.05) is 0 Å². The van der Waals surface area contributed by atoms with Crippen molar-refractivity contribution in [3.05, 3.63) is 163 Å². The molecule has 2 aliphatic rings. The molecule has 56 heavy (non-hydrogen) atoms. The molecule has 274 valence electrons. The third kappa shape index (κ3) is 6.01. The molecule has 12 heteroatoms. The minimum absolute atomic E-state index is 0.0428. The maximum Gasteiger partial charge on any atom is 0.132 e. The maximum atomic E-state index is 15.9. The Hall–Kier alpha value is -5.64. The zero-order chi connectivity index (χ0) is 38.8. The number of rotatable bonds is 4. The average Bonchev–Trinajstić information content (AvgIpc) is 4.00. The van der Waals surface area contributed by atoms with Gasteiger partial charge in [0.05, 0.1) is 42.9 Å². The van der Waals surface area contributed by atoms with Gasteiger partial charge in [-0.05, 0) is 97.1 Å². The van der Waals surface area contributed by atoms with Crippen molar-refractivity contribution in [3.63, 3.8) is 0 Å². The normalized spacial score (nSPS) is 12.1. The van der Waals surface area contributed by atoms with Crippen molar-refractivity contribution in [1.82, 2.24) is 19.9 Å². The van der Waals surface area contributed by atoms with E-state index >= 15 is 17.6 Å². The third-order valence-corrected chi connectivity index (χ3v) is 10.9. The number of nitrogens with zero attached hydrogens (tertiary/aromatic N) is 2. The van der Waals surface area contributed by atoms with Gasteiger partial charge in [-0.3, -0.25) is 0 Å². The van der Waals surface area contributed by atoms with Gasteiger partial charge in [0, 0.05) is 66.6 Å². The Balaban J connectivity index is 1.55. The van der Waals surface area contributed by atoms with Crippen molar-refractivity contribution in [1.29, 1.82) is 0 Å². The molecule has 2 aliphatic heterocycles. The lowest BCUT2D eigenvalue weighted by atomic mass is 10.0. The molecule has 0 spiro atoms. The molecular weight excluding hydrogens is 802 g/mol. The zero-order valence-corrected chi connectivity index (χ0v) is 31.5. The van der Waals surface area contributed by atoms with Crippen LogP contribution in [0, 0.1) is 23.3 Å². The molecule has 7 aromatic rings. The number of nitrogens with one attached hydrogen (secondary N) is 2. The summed E-state index contributed by atoms with van der Waals surface area (Å²) in [4.78, 5) is 16.6. The molecule has 0 fully saturated rings. The van der Waals surface area contributed by atoms with Gasteiger partial charge in [0.2, 0.25) is 0 Å². The molecule has 4 aromatic carbocycles. The number of hydrogen-bond acceptors (Lipinski definition) is 2. The van der Waals surface area contributed by atoms with Crippen LogP contribution in [0.1, 0.15) is 22.8 Å². The Morgan fingerprint density at radius 1 is 0.321 bits per heavy atom. The highest BCUT2D eigenvalue weighted by atomic mass is 35.5. The van der Waals surface area contributed by atoms with E-state index in [0.29, 0.717) is 22.1 Å². The second-order valence-corrected chi connectivity index (χ2v) is 14.5. The lowest BCUT2D eigenvalue weighted by Crippen LogP contribution is -1.94.